The van der Waals surface area contributed by atoms with Crippen LogP contribution in [0.2, 0.25) is 0 Å². The van der Waals surface area contributed by atoms with E-state index in [2.05, 4.69) is 247 Å². The lowest BCUT2D eigenvalue weighted by Gasteiger charge is -2.34. The summed E-state index contributed by atoms with van der Waals surface area (Å²) in [5.74, 6) is 0. The van der Waals surface area contributed by atoms with Crippen LogP contribution < -0.4 is 9.80 Å². The first kappa shape index (κ1) is 39.9. The fraction of sp³-hybridized carbons (Fsp3) is 0.148. The van der Waals surface area contributed by atoms with Gasteiger partial charge in [0.15, 0.2) is 0 Å². The first-order valence-electron chi connectivity index (χ1n) is 22.2. The van der Waals surface area contributed by atoms with Crippen LogP contribution >= 0.6 is 0 Å². The summed E-state index contributed by atoms with van der Waals surface area (Å²) in [6, 6.07) is 68.2. The third kappa shape index (κ3) is 7.30. The molecule has 0 saturated heterocycles. The van der Waals surface area contributed by atoms with Crippen LogP contribution in [0.25, 0.3) is 54.6 Å². The summed E-state index contributed by atoms with van der Waals surface area (Å²) in [4.78, 5) is 5.07. The molecule has 0 unspecified atom stereocenters. The second-order valence-electron chi connectivity index (χ2n) is 18.7. The van der Waals surface area contributed by atoms with Gasteiger partial charge in [0.05, 0.1) is 11.4 Å². The number of aryl methyl sites for hydroxylation is 5. The Bertz CT molecular complexity index is 3280. The van der Waals surface area contributed by atoms with Gasteiger partial charge in [0.2, 0.25) is 0 Å². The molecule has 0 N–H and O–H groups in total. The second-order valence-corrected chi connectivity index (χ2v) is 18.7. The summed E-state index contributed by atoms with van der Waals surface area (Å²) in [7, 11) is 0. The first-order valence-corrected chi connectivity index (χ1v) is 22.2. The van der Waals surface area contributed by atoms with Crippen molar-refractivity contribution in [2.24, 2.45) is 0 Å². The minimum Gasteiger partial charge on any atom is -0.309 e. The van der Waals surface area contributed by atoms with E-state index in [4.69, 9.17) is 0 Å². The summed E-state index contributed by atoms with van der Waals surface area (Å²) >= 11 is 0. The van der Waals surface area contributed by atoms with Crippen molar-refractivity contribution in [3.8, 4) is 22.3 Å². The zero-order valence-electron chi connectivity index (χ0n) is 37.7. The Labute approximate surface area is 373 Å². The predicted molar refractivity (Wildman–Crippen MR) is 273 cm³/mol. The standard InChI is InChI=1S/C61H54N2/c1-39-16-15-21-51(31-39)62(55-36-46(24-22-42(55)4)44-17-11-9-12-18-44)57-38-58(54-29-27-49-35-50(61(6,7)8)34-48-26-28-53(57)60(54)59(48)49)63(52-32-40(2)30-41(3)33-52)56-37-47(25-23-43(56)5)45-19-13-10-14-20-45/h9-38H,1-8H3. The molecule has 0 amide bonds. The topological polar surface area (TPSA) is 6.48 Å². The summed E-state index contributed by atoms with van der Waals surface area (Å²) in [5.41, 5.74) is 19.0. The van der Waals surface area contributed by atoms with Gasteiger partial charge >= 0.3 is 0 Å². The lowest BCUT2D eigenvalue weighted by molar-refractivity contribution is 0.591. The van der Waals surface area contributed by atoms with Gasteiger partial charge in [0.25, 0.3) is 0 Å². The Morgan fingerprint density at radius 3 is 1.32 bits per heavy atom. The molecule has 10 aromatic rings. The molecule has 0 radical (unpaired) electrons. The molecule has 0 fully saturated rings. The molecule has 0 atom stereocenters. The molecule has 10 aromatic carbocycles. The first-order chi connectivity index (χ1) is 30.4. The molecule has 63 heavy (non-hydrogen) atoms. The Balaban J connectivity index is 1.36. The smallest absolute Gasteiger partial charge is 0.0561 e. The summed E-state index contributed by atoms with van der Waals surface area (Å²) < 4.78 is 0. The number of hydrogen-bond acceptors (Lipinski definition) is 2. The van der Waals surface area contributed by atoms with E-state index in [9.17, 15) is 0 Å². The number of benzene rings is 10. The predicted octanol–water partition coefficient (Wildman–Crippen LogP) is 17.7. The molecule has 308 valence electrons. The van der Waals surface area contributed by atoms with Crippen molar-refractivity contribution in [2.75, 3.05) is 9.80 Å². The van der Waals surface area contributed by atoms with E-state index >= 15 is 0 Å². The summed E-state index contributed by atoms with van der Waals surface area (Å²) in [6.07, 6.45) is 0. The number of nitrogens with zero attached hydrogens (tertiary/aromatic N) is 2. The highest BCUT2D eigenvalue weighted by Crippen LogP contribution is 2.52. The van der Waals surface area contributed by atoms with Crippen molar-refractivity contribution in [1.82, 2.24) is 0 Å². The lowest BCUT2D eigenvalue weighted by atomic mass is 9.83. The van der Waals surface area contributed by atoms with Crippen molar-refractivity contribution in [3.63, 3.8) is 0 Å². The maximum atomic E-state index is 2.54. The molecule has 0 aliphatic heterocycles. The molecule has 2 heteroatoms. The van der Waals surface area contributed by atoms with E-state index in [0.29, 0.717) is 0 Å². The maximum Gasteiger partial charge on any atom is 0.0561 e. The van der Waals surface area contributed by atoms with Gasteiger partial charge in [-0.05, 0) is 154 Å². The van der Waals surface area contributed by atoms with Gasteiger partial charge in [-0.2, -0.15) is 0 Å². The maximum absolute atomic E-state index is 2.54. The van der Waals surface area contributed by atoms with Crippen LogP contribution in [0.4, 0.5) is 34.1 Å². The van der Waals surface area contributed by atoms with Gasteiger partial charge in [-0.3, -0.25) is 0 Å². The van der Waals surface area contributed by atoms with Gasteiger partial charge in [0.1, 0.15) is 0 Å². The number of anilines is 6. The number of rotatable bonds is 8. The molecule has 0 aliphatic carbocycles. The molecule has 0 bridgehead atoms. The van der Waals surface area contributed by atoms with E-state index in [1.807, 2.05) is 0 Å². The Morgan fingerprint density at radius 2 is 0.825 bits per heavy atom. The van der Waals surface area contributed by atoms with E-state index in [-0.39, 0.29) is 5.41 Å². The minimum absolute atomic E-state index is 0.00512. The zero-order chi connectivity index (χ0) is 43.6. The largest absolute Gasteiger partial charge is 0.309 e. The SMILES string of the molecule is Cc1cccc(N(c2cc(-c3ccccc3)ccc2C)c2cc(N(c3cc(C)cc(C)c3)c3cc(-c4ccccc4)ccc3C)c3ccc4cc(C(C)(C)C)cc5ccc2c3c54)c1. The normalized spacial score (nSPS) is 11.8. The van der Waals surface area contributed by atoms with E-state index < -0.39 is 0 Å². The van der Waals surface area contributed by atoms with Crippen LogP contribution in [0.5, 0.6) is 0 Å². The zero-order valence-corrected chi connectivity index (χ0v) is 37.7. The molecular formula is C61H54N2. The Kier molecular flexibility index (Phi) is 9.91. The highest BCUT2D eigenvalue weighted by atomic mass is 15.2. The van der Waals surface area contributed by atoms with Crippen LogP contribution in [-0.2, 0) is 5.41 Å². The average Bonchev–Trinajstić information content (AvgIpc) is 3.27. The third-order valence-electron chi connectivity index (χ3n) is 12.9. The molecule has 0 aromatic heterocycles. The highest BCUT2D eigenvalue weighted by Gasteiger charge is 2.27. The fourth-order valence-electron chi connectivity index (χ4n) is 9.67. The molecule has 0 spiro atoms. The second kappa shape index (κ2) is 15.6. The summed E-state index contributed by atoms with van der Waals surface area (Å²) in [6.45, 7) is 18.1. The van der Waals surface area contributed by atoms with Crippen molar-refractivity contribution in [3.05, 3.63) is 215 Å². The molecule has 0 aliphatic rings. The summed E-state index contributed by atoms with van der Waals surface area (Å²) in [5, 5.41) is 7.55. The molecule has 0 heterocycles. The monoisotopic (exact) mass is 814 g/mol. The molecule has 10 rings (SSSR count). The fourth-order valence-corrected chi connectivity index (χ4v) is 9.67. The van der Waals surface area contributed by atoms with Crippen LogP contribution in [0.1, 0.15) is 54.2 Å². The Hall–Kier alpha value is -7.16. The molecule has 0 saturated carbocycles. The minimum atomic E-state index is 0.00512. The molecular weight excluding hydrogens is 761 g/mol. The lowest BCUT2D eigenvalue weighted by Crippen LogP contribution is -2.16. The van der Waals surface area contributed by atoms with Crippen LogP contribution in [0, 0.1) is 34.6 Å². The van der Waals surface area contributed by atoms with Gasteiger partial charge in [-0.1, -0.05) is 160 Å². The van der Waals surface area contributed by atoms with Crippen molar-refractivity contribution >= 4 is 66.4 Å². The van der Waals surface area contributed by atoms with Crippen LogP contribution in [0.3, 0.4) is 0 Å². The third-order valence-corrected chi connectivity index (χ3v) is 12.9. The molecule has 2 nitrogen and oxygen atoms in total. The van der Waals surface area contributed by atoms with E-state index in [1.54, 1.807) is 0 Å². The highest BCUT2D eigenvalue weighted by molar-refractivity contribution is 6.29. The van der Waals surface area contributed by atoms with Crippen molar-refractivity contribution < 1.29 is 0 Å². The van der Waals surface area contributed by atoms with Crippen molar-refractivity contribution in [2.45, 2.75) is 60.8 Å². The van der Waals surface area contributed by atoms with Gasteiger partial charge < -0.3 is 9.80 Å². The van der Waals surface area contributed by atoms with Crippen LogP contribution in [0.15, 0.2) is 182 Å². The van der Waals surface area contributed by atoms with E-state index in [0.717, 1.165) is 34.1 Å². The van der Waals surface area contributed by atoms with Crippen molar-refractivity contribution in [1.29, 1.82) is 0 Å². The van der Waals surface area contributed by atoms with Gasteiger partial charge in [-0.25, -0.2) is 0 Å². The quantitative estimate of drug-likeness (QED) is 0.141. The van der Waals surface area contributed by atoms with Gasteiger partial charge in [-0.15, -0.1) is 0 Å². The average molecular weight is 815 g/mol. The Morgan fingerprint density at radius 1 is 0.333 bits per heavy atom. The van der Waals surface area contributed by atoms with Gasteiger partial charge in [0, 0.05) is 38.9 Å². The number of hydrogen-bond donors (Lipinski definition) is 0. The van der Waals surface area contributed by atoms with E-state index in [1.165, 1.54) is 88.0 Å². The van der Waals surface area contributed by atoms with Crippen LogP contribution in [-0.4, -0.2) is 0 Å².